The predicted molar refractivity (Wildman–Crippen MR) is 75.0 cm³/mol. The number of quaternary nitrogens is 1. The highest BCUT2D eigenvalue weighted by Crippen LogP contribution is 2.27. The number of ether oxygens (including phenoxy) is 1. The van der Waals surface area contributed by atoms with E-state index in [1.807, 2.05) is 0 Å². The summed E-state index contributed by atoms with van der Waals surface area (Å²) in [5.74, 6) is 0.837. The van der Waals surface area contributed by atoms with Gasteiger partial charge in [-0.1, -0.05) is 6.07 Å². The molecule has 0 unspecified atom stereocenters. The Bertz CT molecular complexity index is 569. The van der Waals surface area contributed by atoms with Crippen molar-refractivity contribution in [1.82, 2.24) is 4.98 Å². The summed E-state index contributed by atoms with van der Waals surface area (Å²) in [7, 11) is 1.56. The molecule has 2 rings (SSSR count). The number of carbonyl (C=O) groups is 1. The van der Waals surface area contributed by atoms with E-state index in [0.717, 1.165) is 5.48 Å². The molecule has 104 valence electrons. The van der Waals surface area contributed by atoms with Gasteiger partial charge in [-0.25, -0.2) is 4.98 Å². The minimum atomic E-state index is -0.200. The van der Waals surface area contributed by atoms with E-state index in [-0.39, 0.29) is 5.91 Å². The van der Waals surface area contributed by atoms with Gasteiger partial charge in [-0.05, 0) is 12.1 Å². The summed E-state index contributed by atoms with van der Waals surface area (Å²) in [6, 6.07) is 10.2. The highest BCUT2D eigenvalue weighted by atomic mass is 16.5. The summed E-state index contributed by atoms with van der Waals surface area (Å²) in [5, 5.41) is 10.8. The van der Waals surface area contributed by atoms with Crippen molar-refractivity contribution in [3.8, 4) is 5.75 Å². The van der Waals surface area contributed by atoms with Crippen LogP contribution in [-0.2, 0) is 4.79 Å². The molecule has 6 nitrogen and oxygen atoms in total. The van der Waals surface area contributed by atoms with Crippen molar-refractivity contribution < 1.29 is 15.0 Å². The molecule has 2 aromatic rings. The third kappa shape index (κ3) is 2.93. The Morgan fingerprint density at radius 2 is 2.15 bits per heavy atom. The first-order valence-electron chi connectivity index (χ1n) is 6.01. The van der Waals surface area contributed by atoms with E-state index < -0.39 is 0 Å². The highest BCUT2D eigenvalue weighted by Gasteiger charge is 2.16. The molecule has 20 heavy (non-hydrogen) atoms. The van der Waals surface area contributed by atoms with E-state index in [1.54, 1.807) is 43.5 Å². The quantitative estimate of drug-likeness (QED) is 0.855. The molecule has 0 spiro atoms. The van der Waals surface area contributed by atoms with E-state index in [2.05, 4.69) is 4.98 Å². The number of methoxy groups -OCH3 is 1. The fourth-order valence-electron chi connectivity index (χ4n) is 1.85. The zero-order chi connectivity index (χ0) is 14.5. The molecule has 0 bridgehead atoms. The third-order valence-electron chi connectivity index (χ3n) is 2.76. The van der Waals surface area contributed by atoms with Gasteiger partial charge in [-0.15, -0.1) is 0 Å². The lowest BCUT2D eigenvalue weighted by atomic mass is 10.2. The fraction of sp³-hybridized carbons (Fsp3) is 0.143. The van der Waals surface area contributed by atoms with Crippen LogP contribution in [-0.4, -0.2) is 18.0 Å². The summed E-state index contributed by atoms with van der Waals surface area (Å²) in [5.41, 5.74) is 1.81. The number of amides is 1. The van der Waals surface area contributed by atoms with Gasteiger partial charge < -0.3 is 15.4 Å². The number of nitrogens with zero attached hydrogens (tertiary/aromatic N) is 2. The van der Waals surface area contributed by atoms with Crippen LogP contribution in [0.4, 0.5) is 17.2 Å². The first-order chi connectivity index (χ1) is 9.65. The Morgan fingerprint density at radius 3 is 2.80 bits per heavy atom. The maximum Gasteiger partial charge on any atom is 0.229 e. The Balaban J connectivity index is 2.47. The number of hydrogen-bond donors (Lipinski definition) is 1. The van der Waals surface area contributed by atoms with Gasteiger partial charge in [0.15, 0.2) is 0 Å². The number of anilines is 2. The van der Waals surface area contributed by atoms with Gasteiger partial charge in [0.2, 0.25) is 5.91 Å². The lowest BCUT2D eigenvalue weighted by Crippen LogP contribution is -2.70. The van der Waals surface area contributed by atoms with E-state index in [9.17, 15) is 10.0 Å². The average Bonchev–Trinajstić information content (AvgIpc) is 2.47. The first-order valence-corrected chi connectivity index (χ1v) is 6.01. The molecule has 0 atom stereocenters. The molecule has 1 heterocycles. The summed E-state index contributed by atoms with van der Waals surface area (Å²) in [6.07, 6.45) is 1.50. The number of aromatic nitrogens is 1. The topological polar surface area (TPSA) is 82.1 Å². The van der Waals surface area contributed by atoms with Crippen LogP contribution < -0.4 is 15.1 Å². The lowest BCUT2D eigenvalue weighted by molar-refractivity contribution is -0.497. The molecule has 0 saturated heterocycles. The van der Waals surface area contributed by atoms with Crippen LogP contribution in [0.15, 0.2) is 42.6 Å². The van der Waals surface area contributed by atoms with E-state index >= 15 is 0 Å². The van der Waals surface area contributed by atoms with Gasteiger partial charge in [-0.3, -0.25) is 9.69 Å². The van der Waals surface area contributed by atoms with Gasteiger partial charge in [-0.2, -0.15) is 0 Å². The van der Waals surface area contributed by atoms with Crippen molar-refractivity contribution in [2.45, 2.75) is 6.92 Å². The van der Waals surface area contributed by atoms with E-state index in [4.69, 9.17) is 4.74 Å². The number of carbonyl (C=O) groups excluding carboxylic acids is 1. The minimum absolute atomic E-state index is 0.200. The molecule has 0 aliphatic rings. The number of nitrogens with two attached hydrogens (primary N) is 1. The number of pyridine rings is 1. The Labute approximate surface area is 116 Å². The maximum atomic E-state index is 11.9. The number of benzene rings is 1. The molecule has 0 fully saturated rings. The summed E-state index contributed by atoms with van der Waals surface area (Å²) >= 11 is 0. The van der Waals surface area contributed by atoms with Crippen LogP contribution in [0.25, 0.3) is 0 Å². The van der Waals surface area contributed by atoms with Crippen molar-refractivity contribution in [1.29, 1.82) is 0 Å². The van der Waals surface area contributed by atoms with Gasteiger partial charge in [0.1, 0.15) is 17.3 Å². The fourth-order valence-corrected chi connectivity index (χ4v) is 1.85. The molecule has 2 N–H and O–H groups in total. The Kier molecular flexibility index (Phi) is 4.29. The average molecular weight is 273 g/mol. The van der Waals surface area contributed by atoms with Crippen molar-refractivity contribution in [2.75, 3.05) is 12.0 Å². The zero-order valence-electron chi connectivity index (χ0n) is 11.2. The van der Waals surface area contributed by atoms with Crippen molar-refractivity contribution >= 4 is 23.1 Å². The van der Waals surface area contributed by atoms with Gasteiger partial charge in [0.25, 0.3) is 0 Å². The number of rotatable bonds is 4. The second-order valence-electron chi connectivity index (χ2n) is 4.12. The van der Waals surface area contributed by atoms with Crippen LogP contribution >= 0.6 is 0 Å². The molecular weight excluding hydrogens is 258 g/mol. The van der Waals surface area contributed by atoms with Gasteiger partial charge in [0, 0.05) is 31.3 Å². The molecule has 6 heteroatoms. The highest BCUT2D eigenvalue weighted by molar-refractivity contribution is 5.98. The van der Waals surface area contributed by atoms with E-state index in [1.165, 1.54) is 18.0 Å². The van der Waals surface area contributed by atoms with Gasteiger partial charge >= 0.3 is 0 Å². The third-order valence-corrected chi connectivity index (χ3v) is 2.76. The predicted octanol–water partition coefficient (Wildman–Crippen LogP) is 1.47. The summed E-state index contributed by atoms with van der Waals surface area (Å²) < 4.78 is 5.15. The monoisotopic (exact) mass is 273 g/mol. The van der Waals surface area contributed by atoms with Crippen LogP contribution in [0, 0.1) is 5.21 Å². The molecule has 0 aliphatic carbocycles. The Hall–Kier alpha value is -2.44. The van der Waals surface area contributed by atoms with Crippen molar-refractivity contribution in [3.63, 3.8) is 0 Å². The van der Waals surface area contributed by atoms with Crippen LogP contribution in [0.2, 0.25) is 0 Å². The second-order valence-corrected chi connectivity index (χ2v) is 4.12. The normalized spacial score (nSPS) is 10.2. The molecule has 0 saturated carbocycles. The first kappa shape index (κ1) is 14.0. The van der Waals surface area contributed by atoms with Crippen molar-refractivity contribution in [2.24, 2.45) is 0 Å². The number of hydrogen-bond acceptors (Lipinski definition) is 4. The minimum Gasteiger partial charge on any atom is -0.630 e. The van der Waals surface area contributed by atoms with E-state index in [0.29, 0.717) is 22.9 Å². The Morgan fingerprint density at radius 1 is 1.35 bits per heavy atom. The summed E-state index contributed by atoms with van der Waals surface area (Å²) in [4.78, 5) is 17.5. The maximum absolute atomic E-state index is 11.9. The van der Waals surface area contributed by atoms with Crippen LogP contribution in [0.1, 0.15) is 6.92 Å². The van der Waals surface area contributed by atoms with Gasteiger partial charge in [0.05, 0.1) is 12.8 Å². The largest absolute Gasteiger partial charge is 0.630 e. The molecule has 1 aromatic heterocycles. The van der Waals surface area contributed by atoms with Crippen LogP contribution in [0.3, 0.4) is 0 Å². The second kappa shape index (κ2) is 6.14. The van der Waals surface area contributed by atoms with Crippen LogP contribution in [0.5, 0.6) is 5.75 Å². The molecular formula is C14H15N3O3. The molecule has 0 aliphatic heterocycles. The summed E-state index contributed by atoms with van der Waals surface area (Å²) in [6.45, 7) is 1.44. The smallest absolute Gasteiger partial charge is 0.229 e. The SMILES string of the molecule is COc1cccc(N(C(C)=O)c2cc([NH2+][O-])ccn2)c1. The molecule has 1 aromatic carbocycles. The van der Waals surface area contributed by atoms with Crippen molar-refractivity contribution in [3.05, 3.63) is 47.8 Å². The standard InChI is InChI=1S/C14H15N3O3/c1-10(18)17(12-4-3-5-13(9-12)20-2)14-8-11(16-19)6-7-15-14/h3-9H,16H2,1-2H3. The molecule has 0 radical (unpaired) electrons. The zero-order valence-corrected chi connectivity index (χ0v) is 11.2. The molecule has 1 amide bonds. The lowest BCUT2D eigenvalue weighted by Gasteiger charge is -2.21.